The van der Waals surface area contributed by atoms with E-state index >= 15 is 0 Å². The highest BCUT2D eigenvalue weighted by atomic mass is 79.9. The number of pyridine rings is 1. The summed E-state index contributed by atoms with van der Waals surface area (Å²) < 4.78 is 3.03. The molecular formula is C15H14BrN3. The number of hydrogen-bond acceptors (Lipinski definition) is 2. The van der Waals surface area contributed by atoms with Crippen molar-refractivity contribution in [3.63, 3.8) is 0 Å². The first kappa shape index (κ1) is 12.4. The van der Waals surface area contributed by atoms with Crippen LogP contribution in [0, 0.1) is 20.8 Å². The van der Waals surface area contributed by atoms with E-state index in [0.717, 1.165) is 32.5 Å². The molecule has 0 saturated heterocycles. The van der Waals surface area contributed by atoms with E-state index in [2.05, 4.69) is 45.1 Å². The van der Waals surface area contributed by atoms with Gasteiger partial charge >= 0.3 is 0 Å². The van der Waals surface area contributed by atoms with Crippen LogP contribution in [0.4, 0.5) is 0 Å². The molecule has 0 aliphatic rings. The summed E-state index contributed by atoms with van der Waals surface area (Å²) in [6.45, 7) is 6.14. The molecule has 0 aliphatic heterocycles. The highest BCUT2D eigenvalue weighted by Gasteiger charge is 2.12. The van der Waals surface area contributed by atoms with Crippen LogP contribution in [-0.2, 0) is 0 Å². The van der Waals surface area contributed by atoms with Gasteiger partial charge in [0.15, 0.2) is 0 Å². The average molecular weight is 316 g/mol. The number of nitrogens with zero attached hydrogens (tertiary/aromatic N) is 3. The van der Waals surface area contributed by atoms with E-state index in [1.807, 2.05) is 36.9 Å². The van der Waals surface area contributed by atoms with E-state index in [9.17, 15) is 0 Å². The van der Waals surface area contributed by atoms with Gasteiger partial charge < -0.3 is 0 Å². The molecule has 3 aromatic rings. The lowest BCUT2D eigenvalue weighted by Gasteiger charge is -2.11. The van der Waals surface area contributed by atoms with Crippen molar-refractivity contribution in [2.24, 2.45) is 0 Å². The fourth-order valence-electron chi connectivity index (χ4n) is 2.53. The highest BCUT2D eigenvalue weighted by Crippen LogP contribution is 2.27. The maximum absolute atomic E-state index is 4.55. The largest absolute Gasteiger partial charge is 0.256 e. The van der Waals surface area contributed by atoms with E-state index in [1.165, 1.54) is 5.56 Å². The lowest BCUT2D eigenvalue weighted by atomic mass is 10.1. The molecule has 0 saturated carbocycles. The molecule has 0 spiro atoms. The van der Waals surface area contributed by atoms with Crippen LogP contribution in [0.15, 0.2) is 34.9 Å². The Hall–Kier alpha value is -1.68. The van der Waals surface area contributed by atoms with Crippen LogP contribution < -0.4 is 0 Å². The van der Waals surface area contributed by atoms with Gasteiger partial charge in [0.05, 0.1) is 23.1 Å². The normalized spacial score (nSPS) is 11.2. The maximum atomic E-state index is 4.55. The fraction of sp³-hybridized carbons (Fsp3) is 0.200. The Bertz CT molecular complexity index is 751. The molecule has 0 amide bonds. The quantitative estimate of drug-likeness (QED) is 0.676. The maximum Gasteiger partial charge on any atom is 0.0894 e. The van der Waals surface area contributed by atoms with Crippen LogP contribution in [-0.4, -0.2) is 14.8 Å². The number of fused-ring (bicyclic) bond motifs is 1. The van der Waals surface area contributed by atoms with Crippen LogP contribution in [0.2, 0.25) is 0 Å². The molecule has 2 heterocycles. The molecule has 4 heteroatoms. The third-order valence-corrected chi connectivity index (χ3v) is 3.95. The van der Waals surface area contributed by atoms with E-state index in [0.29, 0.717) is 0 Å². The Morgan fingerprint density at radius 2 is 1.95 bits per heavy atom. The number of hydrogen-bond donors (Lipinski definition) is 0. The van der Waals surface area contributed by atoms with Gasteiger partial charge in [0, 0.05) is 15.6 Å². The summed E-state index contributed by atoms with van der Waals surface area (Å²) in [6.07, 6.45) is 1.89. The average Bonchev–Trinajstić information content (AvgIpc) is 2.73. The van der Waals surface area contributed by atoms with E-state index < -0.39 is 0 Å². The molecule has 1 aromatic carbocycles. The smallest absolute Gasteiger partial charge is 0.0894 e. The van der Waals surface area contributed by atoms with Crippen LogP contribution in [0.5, 0.6) is 0 Å². The second-order valence-electron chi connectivity index (χ2n) is 4.74. The minimum absolute atomic E-state index is 1.00. The van der Waals surface area contributed by atoms with Gasteiger partial charge in [-0.05, 0) is 44.5 Å². The van der Waals surface area contributed by atoms with Gasteiger partial charge in [-0.1, -0.05) is 22.0 Å². The topological polar surface area (TPSA) is 30.7 Å². The molecule has 0 radical (unpaired) electrons. The minimum Gasteiger partial charge on any atom is -0.256 e. The lowest BCUT2D eigenvalue weighted by molar-refractivity contribution is 0.875. The predicted molar refractivity (Wildman–Crippen MR) is 80.8 cm³/mol. The highest BCUT2D eigenvalue weighted by molar-refractivity contribution is 9.10. The number of aromatic nitrogens is 3. The van der Waals surface area contributed by atoms with Crippen molar-refractivity contribution < 1.29 is 0 Å². The first-order valence-corrected chi connectivity index (χ1v) is 6.94. The van der Waals surface area contributed by atoms with Gasteiger partial charge in [0.2, 0.25) is 0 Å². The molecule has 3 rings (SSSR count). The SMILES string of the molecule is Cc1cc(C)c(-n2ncc3c(Br)cccc32)c(C)n1. The third-order valence-electron chi connectivity index (χ3n) is 3.26. The summed E-state index contributed by atoms with van der Waals surface area (Å²) >= 11 is 3.56. The number of rotatable bonds is 1. The molecule has 0 atom stereocenters. The van der Waals surface area contributed by atoms with Crippen molar-refractivity contribution in [3.05, 3.63) is 51.9 Å². The third kappa shape index (κ3) is 1.96. The minimum atomic E-state index is 1.00. The second-order valence-corrected chi connectivity index (χ2v) is 5.60. The zero-order valence-electron chi connectivity index (χ0n) is 11.1. The monoisotopic (exact) mass is 315 g/mol. The summed E-state index contributed by atoms with van der Waals surface area (Å²) in [6, 6.07) is 8.22. The lowest BCUT2D eigenvalue weighted by Crippen LogP contribution is -2.04. The van der Waals surface area contributed by atoms with Crippen molar-refractivity contribution in [3.8, 4) is 5.69 Å². The number of benzene rings is 1. The van der Waals surface area contributed by atoms with Crippen molar-refractivity contribution in [1.82, 2.24) is 14.8 Å². The molecule has 19 heavy (non-hydrogen) atoms. The second kappa shape index (κ2) is 4.46. The zero-order chi connectivity index (χ0) is 13.6. The van der Waals surface area contributed by atoms with Gasteiger partial charge in [0.1, 0.15) is 0 Å². The molecule has 3 nitrogen and oxygen atoms in total. The Morgan fingerprint density at radius 1 is 1.16 bits per heavy atom. The molecule has 0 fully saturated rings. The van der Waals surface area contributed by atoms with E-state index in [1.54, 1.807) is 0 Å². The van der Waals surface area contributed by atoms with Crippen molar-refractivity contribution in [2.45, 2.75) is 20.8 Å². The summed E-state index contributed by atoms with van der Waals surface area (Å²) in [5.41, 5.74) is 5.39. The Kier molecular flexibility index (Phi) is 2.90. The van der Waals surface area contributed by atoms with Gasteiger partial charge in [-0.3, -0.25) is 4.98 Å². The molecule has 0 aliphatic carbocycles. The van der Waals surface area contributed by atoms with Crippen molar-refractivity contribution in [2.75, 3.05) is 0 Å². The van der Waals surface area contributed by atoms with Crippen molar-refractivity contribution in [1.29, 1.82) is 0 Å². The van der Waals surface area contributed by atoms with Gasteiger partial charge in [0.25, 0.3) is 0 Å². The predicted octanol–water partition coefficient (Wildman–Crippen LogP) is 4.11. The molecule has 0 unspecified atom stereocenters. The molecule has 96 valence electrons. The van der Waals surface area contributed by atoms with Gasteiger partial charge in [-0.15, -0.1) is 0 Å². The molecular weight excluding hydrogens is 302 g/mol. The van der Waals surface area contributed by atoms with Gasteiger partial charge in [-0.25, -0.2) is 4.68 Å². The molecule has 2 aromatic heterocycles. The first-order chi connectivity index (χ1) is 9.08. The Labute approximate surface area is 120 Å². The Balaban J connectivity index is 2.34. The summed E-state index contributed by atoms with van der Waals surface area (Å²) in [5.74, 6) is 0. The number of halogens is 1. The summed E-state index contributed by atoms with van der Waals surface area (Å²) in [5, 5.41) is 5.64. The van der Waals surface area contributed by atoms with Crippen LogP contribution in [0.1, 0.15) is 17.0 Å². The Morgan fingerprint density at radius 3 is 2.68 bits per heavy atom. The van der Waals surface area contributed by atoms with Gasteiger partial charge in [-0.2, -0.15) is 5.10 Å². The van der Waals surface area contributed by atoms with Crippen molar-refractivity contribution >= 4 is 26.8 Å². The van der Waals surface area contributed by atoms with Crippen LogP contribution in [0.25, 0.3) is 16.6 Å². The van der Waals surface area contributed by atoms with Crippen LogP contribution >= 0.6 is 15.9 Å². The van der Waals surface area contributed by atoms with E-state index in [-0.39, 0.29) is 0 Å². The first-order valence-electron chi connectivity index (χ1n) is 6.15. The summed E-state index contributed by atoms with van der Waals surface area (Å²) in [4.78, 5) is 4.55. The molecule has 0 bridgehead atoms. The van der Waals surface area contributed by atoms with E-state index in [4.69, 9.17) is 0 Å². The summed E-state index contributed by atoms with van der Waals surface area (Å²) in [7, 11) is 0. The standard InChI is InChI=1S/C15H14BrN3/c1-9-7-10(2)18-11(3)15(9)19-14-6-4-5-13(16)12(14)8-17-19/h4-8H,1-3H3. The fourth-order valence-corrected chi connectivity index (χ4v) is 2.99. The number of aryl methyl sites for hydroxylation is 3. The van der Waals surface area contributed by atoms with Crippen LogP contribution in [0.3, 0.4) is 0 Å². The molecule has 0 N–H and O–H groups in total. The zero-order valence-corrected chi connectivity index (χ0v) is 12.7.